The fourth-order valence-corrected chi connectivity index (χ4v) is 7.07. The summed E-state index contributed by atoms with van der Waals surface area (Å²) in [6.45, 7) is 8.51. The van der Waals surface area contributed by atoms with Crippen LogP contribution in [-0.2, 0) is 10.0 Å². The maximum absolute atomic E-state index is 14.2. The highest BCUT2D eigenvalue weighted by Gasteiger charge is 2.32. The molecule has 0 N–H and O–H groups in total. The average Bonchev–Trinajstić information content (AvgIpc) is 2.87. The number of halogens is 1. The van der Waals surface area contributed by atoms with Gasteiger partial charge in [-0.25, -0.2) is 12.8 Å². The molecule has 6 heteroatoms. The smallest absolute Gasteiger partial charge is 0.207 e. The second-order valence-corrected chi connectivity index (χ2v) is 10.3. The van der Waals surface area contributed by atoms with Crippen molar-refractivity contribution in [1.82, 2.24) is 4.31 Å². The Labute approximate surface area is 166 Å². The molecule has 3 nitrogen and oxygen atoms in total. The molecule has 2 aromatic carbocycles. The SMILES string of the molecule is Cc1cc(C)c(C)c(S(=O)(=O)N2CCSC(c3ccccc3F)CC2)c1C. The Morgan fingerprint density at radius 1 is 1.04 bits per heavy atom. The van der Waals surface area contributed by atoms with Gasteiger partial charge < -0.3 is 0 Å². The van der Waals surface area contributed by atoms with Crippen LogP contribution in [-0.4, -0.2) is 31.6 Å². The van der Waals surface area contributed by atoms with Crippen LogP contribution >= 0.6 is 11.8 Å². The Hall–Kier alpha value is -1.37. The molecule has 3 rings (SSSR count). The molecule has 1 unspecified atom stereocenters. The average molecular weight is 408 g/mol. The minimum absolute atomic E-state index is 0.0205. The molecular formula is C21H26FNO2S2. The topological polar surface area (TPSA) is 37.4 Å². The Morgan fingerprint density at radius 3 is 2.30 bits per heavy atom. The van der Waals surface area contributed by atoms with E-state index >= 15 is 0 Å². The zero-order valence-corrected chi connectivity index (χ0v) is 17.9. The molecule has 1 atom stereocenters. The van der Waals surface area contributed by atoms with Gasteiger partial charge in [-0.05, 0) is 62.4 Å². The van der Waals surface area contributed by atoms with E-state index < -0.39 is 10.0 Å². The summed E-state index contributed by atoms with van der Waals surface area (Å²) in [5, 5.41) is -0.0205. The van der Waals surface area contributed by atoms with E-state index in [1.54, 1.807) is 28.2 Å². The van der Waals surface area contributed by atoms with Crippen molar-refractivity contribution in [3.05, 3.63) is 64.0 Å². The maximum atomic E-state index is 14.2. The summed E-state index contributed by atoms with van der Waals surface area (Å²) in [5.41, 5.74) is 4.29. The highest BCUT2D eigenvalue weighted by molar-refractivity contribution is 7.99. The third kappa shape index (κ3) is 3.93. The van der Waals surface area contributed by atoms with Crippen molar-refractivity contribution in [2.45, 2.75) is 44.3 Å². The molecule has 2 aromatic rings. The van der Waals surface area contributed by atoms with Gasteiger partial charge in [0.2, 0.25) is 10.0 Å². The summed E-state index contributed by atoms with van der Waals surface area (Å²) >= 11 is 1.63. The van der Waals surface area contributed by atoms with Gasteiger partial charge in [-0.1, -0.05) is 24.3 Å². The van der Waals surface area contributed by atoms with Crippen LogP contribution < -0.4 is 0 Å². The molecule has 0 aliphatic carbocycles. The van der Waals surface area contributed by atoms with Crippen molar-refractivity contribution in [2.24, 2.45) is 0 Å². The van der Waals surface area contributed by atoms with Gasteiger partial charge >= 0.3 is 0 Å². The molecule has 0 saturated carbocycles. The molecule has 1 aliphatic rings. The number of rotatable bonds is 3. The molecule has 1 saturated heterocycles. The predicted molar refractivity (Wildman–Crippen MR) is 110 cm³/mol. The lowest BCUT2D eigenvalue weighted by atomic mass is 10.0. The molecule has 27 heavy (non-hydrogen) atoms. The number of benzene rings is 2. The monoisotopic (exact) mass is 407 g/mol. The highest BCUT2D eigenvalue weighted by atomic mass is 32.2. The van der Waals surface area contributed by atoms with E-state index in [-0.39, 0.29) is 11.1 Å². The summed E-state index contributed by atoms with van der Waals surface area (Å²) < 4.78 is 42.6. The van der Waals surface area contributed by atoms with Crippen molar-refractivity contribution >= 4 is 21.8 Å². The standard InChI is InChI=1S/C21H26FNO2S2/c1-14-13-15(2)17(4)21(16(14)3)27(24,25)23-10-9-20(26-12-11-23)18-7-5-6-8-19(18)22/h5-8,13,20H,9-12H2,1-4H3. The van der Waals surface area contributed by atoms with Gasteiger partial charge in [-0.2, -0.15) is 16.1 Å². The van der Waals surface area contributed by atoms with Gasteiger partial charge in [0, 0.05) is 29.7 Å². The second-order valence-electron chi connectivity index (χ2n) is 7.16. The van der Waals surface area contributed by atoms with Crippen molar-refractivity contribution < 1.29 is 12.8 Å². The first kappa shape index (κ1) is 20.4. The van der Waals surface area contributed by atoms with Crippen molar-refractivity contribution in [2.75, 3.05) is 18.8 Å². The molecule has 1 heterocycles. The number of aryl methyl sites for hydroxylation is 2. The Bertz CT molecular complexity index is 931. The first-order chi connectivity index (χ1) is 12.7. The Balaban J connectivity index is 1.91. The molecule has 0 bridgehead atoms. The minimum Gasteiger partial charge on any atom is -0.207 e. The third-order valence-electron chi connectivity index (χ3n) is 5.45. The van der Waals surface area contributed by atoms with E-state index in [9.17, 15) is 12.8 Å². The van der Waals surface area contributed by atoms with Crippen LogP contribution in [0.5, 0.6) is 0 Å². The molecule has 0 spiro atoms. The van der Waals surface area contributed by atoms with Gasteiger partial charge in [0.05, 0.1) is 4.90 Å². The predicted octanol–water partition coefficient (Wildman–Crippen LogP) is 4.93. The molecule has 0 aromatic heterocycles. The highest BCUT2D eigenvalue weighted by Crippen LogP contribution is 2.37. The third-order valence-corrected chi connectivity index (χ3v) is 8.93. The summed E-state index contributed by atoms with van der Waals surface area (Å²) in [4.78, 5) is 0.439. The van der Waals surface area contributed by atoms with Crippen molar-refractivity contribution in [3.8, 4) is 0 Å². The molecule has 146 valence electrons. The minimum atomic E-state index is -3.58. The van der Waals surface area contributed by atoms with Gasteiger partial charge in [0.25, 0.3) is 0 Å². The fraction of sp³-hybridized carbons (Fsp3) is 0.429. The molecule has 1 fully saturated rings. The lowest BCUT2D eigenvalue weighted by Gasteiger charge is -2.24. The van der Waals surface area contributed by atoms with Crippen molar-refractivity contribution in [3.63, 3.8) is 0 Å². The zero-order chi connectivity index (χ0) is 19.8. The van der Waals surface area contributed by atoms with Crippen LogP contribution in [0.1, 0.15) is 39.5 Å². The van der Waals surface area contributed by atoms with Crippen molar-refractivity contribution in [1.29, 1.82) is 0 Å². The Kier molecular flexibility index (Phi) is 5.99. The molecule has 0 amide bonds. The van der Waals surface area contributed by atoms with Crippen LogP contribution in [0.25, 0.3) is 0 Å². The lowest BCUT2D eigenvalue weighted by Crippen LogP contribution is -2.34. The van der Waals surface area contributed by atoms with Crippen LogP contribution in [0, 0.1) is 33.5 Å². The maximum Gasteiger partial charge on any atom is 0.243 e. The number of hydrogen-bond donors (Lipinski definition) is 0. The first-order valence-corrected chi connectivity index (χ1v) is 11.7. The fourth-order valence-electron chi connectivity index (χ4n) is 3.67. The van der Waals surface area contributed by atoms with Gasteiger partial charge in [-0.3, -0.25) is 0 Å². The summed E-state index contributed by atoms with van der Waals surface area (Å²) in [5.74, 6) is 0.438. The number of thioether (sulfide) groups is 1. The largest absolute Gasteiger partial charge is 0.243 e. The first-order valence-electron chi connectivity index (χ1n) is 9.17. The summed E-state index contributed by atoms with van der Waals surface area (Å²) in [6, 6.07) is 8.83. The van der Waals surface area contributed by atoms with E-state index in [0.29, 0.717) is 35.7 Å². The summed E-state index contributed by atoms with van der Waals surface area (Å²) in [7, 11) is -3.58. The van der Waals surface area contributed by atoms with Gasteiger partial charge in [0.1, 0.15) is 5.82 Å². The van der Waals surface area contributed by atoms with Gasteiger partial charge in [-0.15, -0.1) is 0 Å². The Morgan fingerprint density at radius 2 is 1.67 bits per heavy atom. The molecule has 0 radical (unpaired) electrons. The zero-order valence-electron chi connectivity index (χ0n) is 16.3. The van der Waals surface area contributed by atoms with Gasteiger partial charge in [0.15, 0.2) is 0 Å². The number of sulfonamides is 1. The van der Waals surface area contributed by atoms with Crippen LogP contribution in [0.3, 0.4) is 0 Å². The van der Waals surface area contributed by atoms with E-state index in [0.717, 1.165) is 22.3 Å². The second kappa shape index (κ2) is 7.94. The van der Waals surface area contributed by atoms with E-state index in [2.05, 4.69) is 0 Å². The molecule has 1 aliphatic heterocycles. The summed E-state index contributed by atoms with van der Waals surface area (Å²) in [6.07, 6.45) is 0.605. The van der Waals surface area contributed by atoms with E-state index in [4.69, 9.17) is 0 Å². The quantitative estimate of drug-likeness (QED) is 0.724. The molecular weight excluding hydrogens is 381 g/mol. The van der Waals surface area contributed by atoms with Crippen LogP contribution in [0.4, 0.5) is 4.39 Å². The number of hydrogen-bond acceptors (Lipinski definition) is 3. The normalized spacial score (nSPS) is 19.1. The van der Waals surface area contributed by atoms with Crippen LogP contribution in [0.2, 0.25) is 0 Å². The van der Waals surface area contributed by atoms with Crippen LogP contribution in [0.15, 0.2) is 35.2 Å². The lowest BCUT2D eigenvalue weighted by molar-refractivity contribution is 0.426. The number of nitrogens with zero attached hydrogens (tertiary/aromatic N) is 1. The van der Waals surface area contributed by atoms with E-state index in [1.165, 1.54) is 6.07 Å². The van der Waals surface area contributed by atoms with E-state index in [1.807, 2.05) is 39.8 Å².